The zero-order valence-electron chi connectivity index (χ0n) is 11.7. The molecule has 2 bridgehead atoms. The van der Waals surface area contributed by atoms with Crippen LogP contribution in [-0.4, -0.2) is 35.0 Å². The highest BCUT2D eigenvalue weighted by molar-refractivity contribution is 4.92. The number of fused-ring (bicyclic) bond motifs is 2. The van der Waals surface area contributed by atoms with Gasteiger partial charge in [0.25, 0.3) is 0 Å². The molecule has 1 N–H and O–H groups in total. The average Bonchev–Trinajstić information content (AvgIpc) is 3.12. The molecule has 19 heavy (non-hydrogen) atoms. The second kappa shape index (κ2) is 6.01. The van der Waals surface area contributed by atoms with E-state index >= 15 is 0 Å². The van der Waals surface area contributed by atoms with Crippen LogP contribution >= 0.6 is 0 Å². The summed E-state index contributed by atoms with van der Waals surface area (Å²) in [5.41, 5.74) is 0. The van der Waals surface area contributed by atoms with Crippen LogP contribution in [0.25, 0.3) is 0 Å². The third-order valence-electron chi connectivity index (χ3n) is 4.75. The molecule has 3 unspecified atom stereocenters. The Balaban J connectivity index is 1.52. The van der Waals surface area contributed by atoms with Crippen molar-refractivity contribution < 1.29 is 4.74 Å². The molecule has 0 amide bonds. The van der Waals surface area contributed by atoms with Gasteiger partial charge in [0, 0.05) is 20.2 Å². The Morgan fingerprint density at radius 3 is 3.11 bits per heavy atom. The highest BCUT2D eigenvalue weighted by Gasteiger charge is 2.39. The average molecular weight is 264 g/mol. The van der Waals surface area contributed by atoms with Gasteiger partial charge in [-0.3, -0.25) is 0 Å². The molecule has 1 aromatic rings. The molecule has 0 radical (unpaired) electrons. The fourth-order valence-corrected chi connectivity index (χ4v) is 3.77. The number of aromatic nitrogens is 3. The molecule has 3 rings (SSSR count). The van der Waals surface area contributed by atoms with E-state index in [-0.39, 0.29) is 0 Å². The van der Waals surface area contributed by atoms with Gasteiger partial charge >= 0.3 is 0 Å². The second-order valence-electron chi connectivity index (χ2n) is 5.96. The Kier molecular flexibility index (Phi) is 4.13. The van der Waals surface area contributed by atoms with Crippen molar-refractivity contribution in [3.63, 3.8) is 0 Å². The van der Waals surface area contributed by atoms with Gasteiger partial charge in [0.05, 0.1) is 13.2 Å². The molecule has 5 heteroatoms. The Morgan fingerprint density at radius 2 is 2.37 bits per heavy atom. The molecule has 3 atom stereocenters. The van der Waals surface area contributed by atoms with Gasteiger partial charge < -0.3 is 10.1 Å². The predicted molar refractivity (Wildman–Crippen MR) is 72.5 cm³/mol. The van der Waals surface area contributed by atoms with E-state index in [0.717, 1.165) is 49.8 Å². The predicted octanol–water partition coefficient (Wildman–Crippen LogP) is 1.45. The summed E-state index contributed by atoms with van der Waals surface area (Å²) < 4.78 is 7.13. The quantitative estimate of drug-likeness (QED) is 0.757. The van der Waals surface area contributed by atoms with E-state index in [9.17, 15) is 0 Å². The highest BCUT2D eigenvalue weighted by atomic mass is 16.5. The van der Waals surface area contributed by atoms with Crippen LogP contribution in [0.4, 0.5) is 0 Å². The SMILES string of the molecule is COCCNCc1ncnn1CC1CC2CCC1C2. The van der Waals surface area contributed by atoms with Crippen LogP contribution in [0.15, 0.2) is 6.33 Å². The number of nitrogens with zero attached hydrogens (tertiary/aromatic N) is 3. The molecule has 0 saturated heterocycles. The maximum absolute atomic E-state index is 5.03. The van der Waals surface area contributed by atoms with Crippen molar-refractivity contribution in [3.05, 3.63) is 12.2 Å². The Labute approximate surface area is 114 Å². The topological polar surface area (TPSA) is 52.0 Å². The third kappa shape index (κ3) is 2.98. The summed E-state index contributed by atoms with van der Waals surface area (Å²) in [5.74, 6) is 3.84. The van der Waals surface area contributed by atoms with Crippen LogP contribution < -0.4 is 5.32 Å². The van der Waals surface area contributed by atoms with Crippen molar-refractivity contribution in [2.45, 2.75) is 38.8 Å². The Morgan fingerprint density at radius 1 is 1.42 bits per heavy atom. The fourth-order valence-electron chi connectivity index (χ4n) is 3.77. The Bertz CT molecular complexity index is 406. The number of methoxy groups -OCH3 is 1. The molecular formula is C14H24N4O. The van der Waals surface area contributed by atoms with E-state index < -0.39 is 0 Å². The van der Waals surface area contributed by atoms with Crippen molar-refractivity contribution in [3.8, 4) is 0 Å². The van der Waals surface area contributed by atoms with Crippen LogP contribution in [0.1, 0.15) is 31.5 Å². The normalized spacial score (nSPS) is 29.2. The van der Waals surface area contributed by atoms with Gasteiger partial charge in [-0.1, -0.05) is 6.42 Å². The van der Waals surface area contributed by atoms with Gasteiger partial charge in [0.2, 0.25) is 0 Å². The maximum atomic E-state index is 5.03. The standard InChI is InChI=1S/C14H24N4O/c1-19-5-4-15-8-14-16-10-17-18(14)9-13-7-11-2-3-12(13)6-11/h10-13,15H,2-9H2,1H3. The number of hydrogen-bond acceptors (Lipinski definition) is 4. The summed E-state index contributed by atoms with van der Waals surface area (Å²) in [4.78, 5) is 4.37. The minimum Gasteiger partial charge on any atom is -0.383 e. The van der Waals surface area contributed by atoms with E-state index in [1.807, 2.05) is 0 Å². The summed E-state index contributed by atoms with van der Waals surface area (Å²) in [7, 11) is 1.72. The minimum absolute atomic E-state index is 0.737. The summed E-state index contributed by atoms with van der Waals surface area (Å²) in [6.07, 6.45) is 7.44. The van der Waals surface area contributed by atoms with Gasteiger partial charge in [-0.25, -0.2) is 9.67 Å². The molecule has 106 valence electrons. The minimum atomic E-state index is 0.737. The molecule has 2 aliphatic carbocycles. The van der Waals surface area contributed by atoms with Crippen molar-refractivity contribution in [2.75, 3.05) is 20.3 Å². The number of rotatable bonds is 7. The molecule has 2 saturated carbocycles. The van der Waals surface area contributed by atoms with Gasteiger partial charge in [-0.05, 0) is 37.0 Å². The summed E-state index contributed by atoms with van der Waals surface area (Å²) in [6, 6.07) is 0. The number of hydrogen-bond donors (Lipinski definition) is 1. The maximum Gasteiger partial charge on any atom is 0.140 e. The van der Waals surface area contributed by atoms with Crippen LogP contribution in [-0.2, 0) is 17.8 Å². The van der Waals surface area contributed by atoms with Gasteiger partial charge in [0.1, 0.15) is 12.2 Å². The van der Waals surface area contributed by atoms with E-state index in [2.05, 4.69) is 20.1 Å². The van der Waals surface area contributed by atoms with E-state index in [1.54, 1.807) is 13.4 Å². The first kappa shape index (κ1) is 13.1. The van der Waals surface area contributed by atoms with E-state index in [0.29, 0.717) is 0 Å². The summed E-state index contributed by atoms with van der Waals surface area (Å²) in [6.45, 7) is 3.44. The zero-order chi connectivity index (χ0) is 13.1. The molecule has 2 fully saturated rings. The molecule has 0 spiro atoms. The monoisotopic (exact) mass is 264 g/mol. The van der Waals surface area contributed by atoms with Crippen LogP contribution in [0.5, 0.6) is 0 Å². The lowest BCUT2D eigenvalue weighted by atomic mass is 9.89. The van der Waals surface area contributed by atoms with E-state index in [4.69, 9.17) is 4.74 Å². The zero-order valence-corrected chi connectivity index (χ0v) is 11.7. The van der Waals surface area contributed by atoms with Crippen LogP contribution in [0.2, 0.25) is 0 Å². The molecule has 0 aromatic carbocycles. The first-order valence-electron chi connectivity index (χ1n) is 7.43. The molecule has 1 heterocycles. The molecular weight excluding hydrogens is 240 g/mol. The first-order chi connectivity index (χ1) is 9.36. The first-order valence-corrected chi connectivity index (χ1v) is 7.43. The van der Waals surface area contributed by atoms with E-state index in [1.165, 1.54) is 25.7 Å². The molecule has 1 aromatic heterocycles. The summed E-state index contributed by atoms with van der Waals surface area (Å²) >= 11 is 0. The lowest BCUT2D eigenvalue weighted by Gasteiger charge is -2.22. The van der Waals surface area contributed by atoms with Crippen molar-refractivity contribution in [1.29, 1.82) is 0 Å². The number of ether oxygens (including phenoxy) is 1. The lowest BCUT2D eigenvalue weighted by molar-refractivity contribution is 0.198. The van der Waals surface area contributed by atoms with Crippen LogP contribution in [0, 0.1) is 17.8 Å². The Hall–Kier alpha value is -0.940. The molecule has 5 nitrogen and oxygen atoms in total. The number of nitrogens with one attached hydrogen (secondary N) is 1. The van der Waals surface area contributed by atoms with Gasteiger partial charge in [-0.15, -0.1) is 0 Å². The van der Waals surface area contributed by atoms with Crippen molar-refractivity contribution in [2.24, 2.45) is 17.8 Å². The molecule has 2 aliphatic rings. The van der Waals surface area contributed by atoms with Crippen LogP contribution in [0.3, 0.4) is 0 Å². The third-order valence-corrected chi connectivity index (χ3v) is 4.75. The fraction of sp³-hybridized carbons (Fsp3) is 0.857. The largest absolute Gasteiger partial charge is 0.383 e. The smallest absolute Gasteiger partial charge is 0.140 e. The van der Waals surface area contributed by atoms with Gasteiger partial charge in [-0.2, -0.15) is 5.10 Å². The molecule has 0 aliphatic heterocycles. The highest BCUT2D eigenvalue weighted by Crippen LogP contribution is 2.48. The summed E-state index contributed by atoms with van der Waals surface area (Å²) in [5, 5.41) is 7.74. The lowest BCUT2D eigenvalue weighted by Crippen LogP contribution is -2.24. The van der Waals surface area contributed by atoms with Crippen molar-refractivity contribution in [1.82, 2.24) is 20.1 Å². The van der Waals surface area contributed by atoms with Crippen molar-refractivity contribution >= 4 is 0 Å². The second-order valence-corrected chi connectivity index (χ2v) is 5.96. The van der Waals surface area contributed by atoms with Gasteiger partial charge in [0.15, 0.2) is 0 Å².